The van der Waals surface area contributed by atoms with Crippen LogP contribution in [0.3, 0.4) is 0 Å². The molecule has 1 unspecified atom stereocenters. The van der Waals surface area contributed by atoms with Gasteiger partial charge in [0.25, 0.3) is 0 Å². The molecule has 0 aromatic heterocycles. The molecule has 31 heavy (non-hydrogen) atoms. The van der Waals surface area contributed by atoms with E-state index in [0.717, 1.165) is 48.5 Å². The number of aryl methyl sites for hydroxylation is 1. The largest absolute Gasteiger partial charge is 0.496 e. The number of benzene rings is 2. The van der Waals surface area contributed by atoms with Gasteiger partial charge in [0.2, 0.25) is 5.91 Å². The molecule has 1 saturated heterocycles. The van der Waals surface area contributed by atoms with Crippen molar-refractivity contribution >= 4 is 17.6 Å². The van der Waals surface area contributed by atoms with Crippen molar-refractivity contribution in [2.75, 3.05) is 32.1 Å². The first-order valence-corrected chi connectivity index (χ1v) is 10.7. The smallest absolute Gasteiger partial charge is 0.315 e. The summed E-state index contributed by atoms with van der Waals surface area (Å²) < 4.78 is 5.42. The zero-order valence-electron chi connectivity index (χ0n) is 18.5. The molecule has 0 radical (unpaired) electrons. The second kappa shape index (κ2) is 10.8. The highest BCUT2D eigenvalue weighted by molar-refractivity contribution is 5.92. The molecule has 1 atom stereocenters. The molecule has 7 nitrogen and oxygen atoms in total. The van der Waals surface area contributed by atoms with Crippen LogP contribution in [0, 0.1) is 6.92 Å². The number of ether oxygens (including phenoxy) is 1. The number of hydrogen-bond donors (Lipinski definition) is 3. The normalized spacial score (nSPS) is 15.7. The fourth-order valence-corrected chi connectivity index (χ4v) is 3.85. The molecule has 0 spiro atoms. The molecule has 7 heteroatoms. The van der Waals surface area contributed by atoms with Gasteiger partial charge < -0.3 is 20.7 Å². The molecule has 1 aliphatic rings. The number of nitrogens with zero attached hydrogens (tertiary/aromatic N) is 1. The van der Waals surface area contributed by atoms with Crippen LogP contribution in [0.15, 0.2) is 48.5 Å². The van der Waals surface area contributed by atoms with Crippen LogP contribution in [-0.4, -0.2) is 49.6 Å². The van der Waals surface area contributed by atoms with Gasteiger partial charge in [-0.1, -0.05) is 35.9 Å². The highest BCUT2D eigenvalue weighted by atomic mass is 16.5. The van der Waals surface area contributed by atoms with Crippen molar-refractivity contribution in [1.82, 2.24) is 15.5 Å². The van der Waals surface area contributed by atoms with Crippen molar-refractivity contribution in [2.45, 2.75) is 38.8 Å². The van der Waals surface area contributed by atoms with E-state index in [1.54, 1.807) is 7.11 Å². The third kappa shape index (κ3) is 6.72. The lowest BCUT2D eigenvalue weighted by atomic mass is 10.0. The number of carbonyl (C=O) groups is 2. The number of rotatable bonds is 7. The van der Waals surface area contributed by atoms with Gasteiger partial charge in [0.15, 0.2) is 0 Å². The Hall–Kier alpha value is -3.06. The number of carbonyl (C=O) groups excluding carboxylic acids is 2. The van der Waals surface area contributed by atoms with Gasteiger partial charge in [-0.15, -0.1) is 0 Å². The first-order valence-electron chi connectivity index (χ1n) is 10.7. The van der Waals surface area contributed by atoms with Crippen LogP contribution in [0.4, 0.5) is 10.5 Å². The Kier molecular flexibility index (Phi) is 7.89. The molecule has 0 aliphatic carbocycles. The number of anilines is 1. The minimum absolute atomic E-state index is 0.0173. The van der Waals surface area contributed by atoms with Gasteiger partial charge in [0, 0.05) is 30.4 Å². The van der Waals surface area contributed by atoms with Crippen molar-refractivity contribution in [1.29, 1.82) is 0 Å². The van der Waals surface area contributed by atoms with Crippen molar-refractivity contribution in [3.8, 4) is 5.75 Å². The summed E-state index contributed by atoms with van der Waals surface area (Å²) in [4.78, 5) is 26.9. The van der Waals surface area contributed by atoms with Crippen LogP contribution in [0.5, 0.6) is 5.75 Å². The Labute approximate surface area is 184 Å². The zero-order valence-corrected chi connectivity index (χ0v) is 18.5. The van der Waals surface area contributed by atoms with Gasteiger partial charge in [-0.2, -0.15) is 0 Å². The molecule has 166 valence electrons. The molecule has 2 aromatic carbocycles. The van der Waals surface area contributed by atoms with Gasteiger partial charge in [-0.05, 0) is 44.9 Å². The summed E-state index contributed by atoms with van der Waals surface area (Å²) in [6.45, 7) is 5.87. The number of likely N-dealkylation sites (tertiary alicyclic amines) is 1. The fourth-order valence-electron chi connectivity index (χ4n) is 3.85. The van der Waals surface area contributed by atoms with Crippen LogP contribution < -0.4 is 20.7 Å². The van der Waals surface area contributed by atoms with E-state index in [1.165, 1.54) is 0 Å². The van der Waals surface area contributed by atoms with E-state index >= 15 is 0 Å². The third-order valence-corrected chi connectivity index (χ3v) is 5.55. The van der Waals surface area contributed by atoms with Crippen LogP contribution >= 0.6 is 0 Å². The van der Waals surface area contributed by atoms with E-state index in [0.29, 0.717) is 6.54 Å². The lowest BCUT2D eigenvalue weighted by Gasteiger charge is -2.32. The number of hydrogen-bond acceptors (Lipinski definition) is 4. The molecule has 2 aromatic rings. The first-order chi connectivity index (χ1) is 14.9. The summed E-state index contributed by atoms with van der Waals surface area (Å²) in [7, 11) is 1.63. The van der Waals surface area contributed by atoms with Gasteiger partial charge >= 0.3 is 6.03 Å². The highest BCUT2D eigenvalue weighted by Crippen LogP contribution is 2.26. The average Bonchev–Trinajstić information content (AvgIpc) is 2.75. The number of nitrogens with one attached hydrogen (secondary N) is 3. The quantitative estimate of drug-likeness (QED) is 0.636. The van der Waals surface area contributed by atoms with Gasteiger partial charge in [-0.3, -0.25) is 9.69 Å². The average molecular weight is 425 g/mol. The lowest BCUT2D eigenvalue weighted by Crippen LogP contribution is -2.49. The van der Waals surface area contributed by atoms with E-state index in [-0.39, 0.29) is 24.0 Å². The minimum Gasteiger partial charge on any atom is -0.496 e. The third-order valence-electron chi connectivity index (χ3n) is 5.55. The van der Waals surface area contributed by atoms with Crippen molar-refractivity contribution in [2.24, 2.45) is 0 Å². The van der Waals surface area contributed by atoms with E-state index in [1.807, 2.05) is 62.4 Å². The van der Waals surface area contributed by atoms with E-state index < -0.39 is 0 Å². The minimum atomic E-state index is -0.184. The standard InChI is InChI=1S/C24H32N4O3/c1-17-9-10-22(31-3)21(15-17)18(2)25-24(30)27-20-11-13-28(14-12-20)16-23(29)26-19-7-5-4-6-8-19/h4-10,15,18,20H,11-14,16H2,1-3H3,(H,26,29)(H2,25,27,30). The van der Waals surface area contributed by atoms with Crippen molar-refractivity contribution in [3.05, 3.63) is 59.7 Å². The van der Waals surface area contributed by atoms with Gasteiger partial charge in [0.05, 0.1) is 19.7 Å². The van der Waals surface area contributed by atoms with E-state index in [9.17, 15) is 9.59 Å². The maximum atomic E-state index is 12.5. The topological polar surface area (TPSA) is 82.7 Å². The maximum Gasteiger partial charge on any atom is 0.315 e. The molecular formula is C24H32N4O3. The molecule has 3 rings (SSSR count). The predicted molar refractivity (Wildman–Crippen MR) is 122 cm³/mol. The number of methoxy groups -OCH3 is 1. The van der Waals surface area contributed by atoms with Gasteiger partial charge in [-0.25, -0.2) is 4.79 Å². The predicted octanol–water partition coefficient (Wildman–Crippen LogP) is 3.47. The molecule has 1 aliphatic heterocycles. The Bertz CT molecular complexity index is 880. The first kappa shape index (κ1) is 22.6. The maximum absolute atomic E-state index is 12.5. The molecule has 0 bridgehead atoms. The summed E-state index contributed by atoms with van der Waals surface area (Å²) in [6, 6.07) is 15.1. The summed E-state index contributed by atoms with van der Waals surface area (Å²) in [5.74, 6) is 0.747. The van der Waals surface area contributed by atoms with Crippen LogP contribution in [0.2, 0.25) is 0 Å². The Balaban J connectivity index is 1.41. The van der Waals surface area contributed by atoms with E-state index in [2.05, 4.69) is 20.9 Å². The molecule has 1 heterocycles. The fraction of sp³-hybridized carbons (Fsp3) is 0.417. The Morgan fingerprint density at radius 2 is 1.84 bits per heavy atom. The summed E-state index contributed by atoms with van der Waals surface area (Å²) in [6.07, 6.45) is 1.63. The molecule has 3 N–H and O–H groups in total. The monoisotopic (exact) mass is 424 g/mol. The Morgan fingerprint density at radius 3 is 2.52 bits per heavy atom. The van der Waals surface area contributed by atoms with Crippen LogP contribution in [0.1, 0.15) is 36.9 Å². The number of urea groups is 1. The highest BCUT2D eigenvalue weighted by Gasteiger charge is 2.23. The van der Waals surface area contributed by atoms with Crippen molar-refractivity contribution < 1.29 is 14.3 Å². The zero-order chi connectivity index (χ0) is 22.2. The SMILES string of the molecule is COc1ccc(C)cc1C(C)NC(=O)NC1CCN(CC(=O)Nc2ccccc2)CC1. The number of amides is 3. The van der Waals surface area contributed by atoms with Crippen LogP contribution in [0.25, 0.3) is 0 Å². The second-order valence-electron chi connectivity index (χ2n) is 8.05. The number of para-hydroxylation sites is 1. The summed E-state index contributed by atoms with van der Waals surface area (Å²) in [5, 5.41) is 8.99. The number of piperidine rings is 1. The van der Waals surface area contributed by atoms with Crippen LogP contribution in [-0.2, 0) is 4.79 Å². The lowest BCUT2D eigenvalue weighted by molar-refractivity contribution is -0.117. The second-order valence-corrected chi connectivity index (χ2v) is 8.05. The summed E-state index contributed by atoms with van der Waals surface area (Å²) >= 11 is 0. The molecule has 0 saturated carbocycles. The molecular weight excluding hydrogens is 392 g/mol. The molecule has 3 amide bonds. The molecule has 1 fully saturated rings. The van der Waals surface area contributed by atoms with Crippen molar-refractivity contribution in [3.63, 3.8) is 0 Å². The summed E-state index contributed by atoms with van der Waals surface area (Å²) in [5.41, 5.74) is 2.88. The Morgan fingerprint density at radius 1 is 1.13 bits per heavy atom. The van der Waals surface area contributed by atoms with E-state index in [4.69, 9.17) is 4.74 Å². The van der Waals surface area contributed by atoms with Gasteiger partial charge in [0.1, 0.15) is 5.75 Å².